The molecule has 0 radical (unpaired) electrons. The van der Waals surface area contributed by atoms with Crippen LogP contribution in [0.15, 0.2) is 18.5 Å². The van der Waals surface area contributed by atoms with E-state index in [2.05, 4.69) is 0 Å². The first-order valence-corrected chi connectivity index (χ1v) is 5.94. The van der Waals surface area contributed by atoms with E-state index in [1.807, 2.05) is 6.07 Å². The molecule has 1 aromatic heterocycles. The standard InChI is InChI=1S/C14H8F2N2O3/c1-7(19)18-4-8(3-17)10(5-18)9-2-11-14(21-6-20-11)13(16)12(9)15/h2,4-5H,6H2,1H3. The van der Waals surface area contributed by atoms with Gasteiger partial charge in [-0.1, -0.05) is 0 Å². The fourth-order valence-corrected chi connectivity index (χ4v) is 2.12. The van der Waals surface area contributed by atoms with E-state index in [4.69, 9.17) is 14.7 Å². The zero-order valence-electron chi connectivity index (χ0n) is 10.8. The number of hydrogen-bond acceptors (Lipinski definition) is 4. The smallest absolute Gasteiger partial charge is 0.231 e. The average Bonchev–Trinajstić information content (AvgIpc) is 3.08. The van der Waals surface area contributed by atoms with Crippen LogP contribution in [0.1, 0.15) is 17.3 Å². The molecule has 2 aromatic rings. The van der Waals surface area contributed by atoms with Gasteiger partial charge in [-0.3, -0.25) is 9.36 Å². The number of hydrogen-bond donors (Lipinski definition) is 0. The van der Waals surface area contributed by atoms with Crippen LogP contribution >= 0.6 is 0 Å². The fourth-order valence-electron chi connectivity index (χ4n) is 2.12. The Balaban J connectivity index is 2.24. The first-order valence-electron chi connectivity index (χ1n) is 5.94. The summed E-state index contributed by atoms with van der Waals surface area (Å²) in [6, 6.07) is 3.10. The van der Waals surface area contributed by atoms with Gasteiger partial charge in [-0.05, 0) is 6.07 Å². The van der Waals surface area contributed by atoms with Crippen molar-refractivity contribution in [3.05, 3.63) is 35.7 Å². The van der Waals surface area contributed by atoms with Crippen molar-refractivity contribution in [3.8, 4) is 28.7 Å². The summed E-state index contributed by atoms with van der Waals surface area (Å²) < 4.78 is 39.1. The minimum atomic E-state index is -1.18. The van der Waals surface area contributed by atoms with Gasteiger partial charge in [0.25, 0.3) is 0 Å². The molecule has 0 saturated carbocycles. The van der Waals surface area contributed by atoms with Crippen molar-refractivity contribution in [3.63, 3.8) is 0 Å². The average molecular weight is 290 g/mol. The number of nitriles is 1. The Morgan fingerprint density at radius 2 is 2.05 bits per heavy atom. The summed E-state index contributed by atoms with van der Waals surface area (Å²) >= 11 is 0. The molecule has 106 valence electrons. The second-order valence-electron chi connectivity index (χ2n) is 4.41. The van der Waals surface area contributed by atoms with Gasteiger partial charge in [0.15, 0.2) is 11.6 Å². The van der Waals surface area contributed by atoms with E-state index in [0.29, 0.717) is 0 Å². The third kappa shape index (κ3) is 1.92. The highest BCUT2D eigenvalue weighted by Crippen LogP contribution is 2.41. The lowest BCUT2D eigenvalue weighted by atomic mass is 10.0. The van der Waals surface area contributed by atoms with Crippen LogP contribution in [0.25, 0.3) is 11.1 Å². The second kappa shape index (κ2) is 4.59. The summed E-state index contributed by atoms with van der Waals surface area (Å²) in [5.41, 5.74) is 0.0121. The van der Waals surface area contributed by atoms with Crippen LogP contribution in [-0.2, 0) is 0 Å². The largest absolute Gasteiger partial charge is 0.453 e. The molecule has 3 rings (SSSR count). The molecule has 7 heteroatoms. The maximum Gasteiger partial charge on any atom is 0.231 e. The van der Waals surface area contributed by atoms with Crippen LogP contribution in [0.2, 0.25) is 0 Å². The molecule has 0 atom stereocenters. The second-order valence-corrected chi connectivity index (χ2v) is 4.41. The van der Waals surface area contributed by atoms with Gasteiger partial charge >= 0.3 is 0 Å². The van der Waals surface area contributed by atoms with Crippen LogP contribution in [0.5, 0.6) is 11.5 Å². The third-order valence-corrected chi connectivity index (χ3v) is 3.15. The summed E-state index contributed by atoms with van der Waals surface area (Å²) in [4.78, 5) is 11.3. The quantitative estimate of drug-likeness (QED) is 0.810. The van der Waals surface area contributed by atoms with Gasteiger partial charge in [-0.15, -0.1) is 0 Å². The van der Waals surface area contributed by atoms with Crippen molar-refractivity contribution in [1.29, 1.82) is 5.26 Å². The molecule has 1 aromatic carbocycles. The molecular weight excluding hydrogens is 282 g/mol. The number of ether oxygens (including phenoxy) is 2. The van der Waals surface area contributed by atoms with Gasteiger partial charge in [0, 0.05) is 30.4 Å². The van der Waals surface area contributed by atoms with E-state index >= 15 is 0 Å². The molecule has 0 bridgehead atoms. The summed E-state index contributed by atoms with van der Waals surface area (Å²) in [6.45, 7) is 1.09. The van der Waals surface area contributed by atoms with Gasteiger partial charge in [-0.2, -0.15) is 9.65 Å². The molecular formula is C14H8F2N2O3. The minimum Gasteiger partial charge on any atom is -0.453 e. The van der Waals surface area contributed by atoms with Crippen molar-refractivity contribution in [2.45, 2.75) is 6.92 Å². The predicted molar refractivity (Wildman–Crippen MR) is 66.9 cm³/mol. The van der Waals surface area contributed by atoms with Crippen molar-refractivity contribution >= 4 is 5.91 Å². The Hall–Kier alpha value is -2.88. The molecule has 0 N–H and O–H groups in total. The molecule has 1 aliphatic rings. The lowest BCUT2D eigenvalue weighted by Gasteiger charge is -2.05. The van der Waals surface area contributed by atoms with Crippen LogP contribution < -0.4 is 9.47 Å². The molecule has 1 aliphatic heterocycles. The van der Waals surface area contributed by atoms with E-state index in [0.717, 1.165) is 4.57 Å². The molecule has 0 spiro atoms. The third-order valence-electron chi connectivity index (χ3n) is 3.15. The predicted octanol–water partition coefficient (Wildman–Crippen LogP) is 2.69. The Morgan fingerprint density at radius 1 is 1.29 bits per heavy atom. The summed E-state index contributed by atoms with van der Waals surface area (Å²) in [6.07, 6.45) is 2.54. The van der Waals surface area contributed by atoms with Gasteiger partial charge in [0.05, 0.1) is 5.56 Å². The summed E-state index contributed by atoms with van der Waals surface area (Å²) in [7, 11) is 0. The number of carbonyl (C=O) groups excluding carboxylic acids is 1. The Morgan fingerprint density at radius 3 is 2.71 bits per heavy atom. The number of aromatic nitrogens is 1. The number of nitrogens with zero attached hydrogens (tertiary/aromatic N) is 2. The van der Waals surface area contributed by atoms with Crippen LogP contribution in [0, 0.1) is 23.0 Å². The minimum absolute atomic E-state index is 0.0577. The van der Waals surface area contributed by atoms with Gasteiger partial charge < -0.3 is 9.47 Å². The van der Waals surface area contributed by atoms with Gasteiger partial charge in [0.2, 0.25) is 24.3 Å². The maximum atomic E-state index is 14.2. The topological polar surface area (TPSA) is 64.2 Å². The summed E-state index contributed by atoms with van der Waals surface area (Å²) in [5, 5.41) is 9.08. The normalized spacial score (nSPS) is 12.3. The zero-order valence-corrected chi connectivity index (χ0v) is 10.8. The Labute approximate surface area is 117 Å². The molecule has 0 unspecified atom stereocenters. The van der Waals surface area contributed by atoms with Crippen LogP contribution in [0.4, 0.5) is 8.78 Å². The molecule has 0 saturated heterocycles. The highest BCUT2D eigenvalue weighted by Gasteiger charge is 2.27. The zero-order chi connectivity index (χ0) is 15.1. The van der Waals surface area contributed by atoms with Crippen molar-refractivity contribution < 1.29 is 23.0 Å². The fraction of sp³-hybridized carbons (Fsp3) is 0.143. The molecule has 0 fully saturated rings. The first kappa shape index (κ1) is 13.1. The lowest BCUT2D eigenvalue weighted by molar-refractivity contribution is 0.0937. The molecule has 21 heavy (non-hydrogen) atoms. The number of carbonyl (C=O) groups is 1. The lowest BCUT2D eigenvalue weighted by Crippen LogP contribution is -2.01. The monoisotopic (exact) mass is 290 g/mol. The number of fused-ring (bicyclic) bond motifs is 1. The van der Waals surface area contributed by atoms with Crippen molar-refractivity contribution in [1.82, 2.24) is 4.57 Å². The number of rotatable bonds is 1. The van der Waals surface area contributed by atoms with E-state index in [-0.39, 0.29) is 40.9 Å². The summed E-state index contributed by atoms with van der Waals surface area (Å²) in [5.74, 6) is -2.92. The molecule has 2 heterocycles. The van der Waals surface area contributed by atoms with Crippen LogP contribution in [0.3, 0.4) is 0 Å². The van der Waals surface area contributed by atoms with Crippen molar-refractivity contribution in [2.75, 3.05) is 6.79 Å². The number of halogens is 2. The van der Waals surface area contributed by atoms with Gasteiger partial charge in [0.1, 0.15) is 6.07 Å². The highest BCUT2D eigenvalue weighted by atomic mass is 19.2. The van der Waals surface area contributed by atoms with Gasteiger partial charge in [-0.25, -0.2) is 4.39 Å². The van der Waals surface area contributed by atoms with E-state index in [9.17, 15) is 13.6 Å². The SMILES string of the molecule is CC(=O)n1cc(C#N)c(-c2cc3c(c(F)c2F)OCO3)c1. The van der Waals surface area contributed by atoms with Crippen molar-refractivity contribution in [2.24, 2.45) is 0 Å². The molecule has 5 nitrogen and oxygen atoms in total. The van der Waals surface area contributed by atoms with E-state index < -0.39 is 11.6 Å². The molecule has 0 amide bonds. The Bertz CT molecular complexity index is 806. The van der Waals surface area contributed by atoms with E-state index in [1.54, 1.807) is 0 Å². The van der Waals surface area contributed by atoms with E-state index in [1.165, 1.54) is 25.4 Å². The number of benzene rings is 1. The first-order chi connectivity index (χ1) is 10.0. The highest BCUT2D eigenvalue weighted by molar-refractivity contribution is 5.81. The Kier molecular flexibility index (Phi) is 2.87. The maximum absolute atomic E-state index is 14.2. The molecule has 0 aliphatic carbocycles. The van der Waals surface area contributed by atoms with Crippen LogP contribution in [-0.4, -0.2) is 17.3 Å².